The molecule has 166 valence electrons. The van der Waals surface area contributed by atoms with Crippen LogP contribution in [0.5, 0.6) is 0 Å². The Hall–Kier alpha value is -0.730. The molecule has 0 saturated carbocycles. The van der Waals surface area contributed by atoms with Gasteiger partial charge in [-0.15, -0.1) is 0 Å². The fourth-order valence-electron chi connectivity index (χ4n) is 3.43. The van der Waals surface area contributed by atoms with Crippen LogP contribution in [0.4, 0.5) is 0 Å². The lowest BCUT2D eigenvalue weighted by Crippen LogP contribution is -2.59. The van der Waals surface area contributed by atoms with Crippen molar-refractivity contribution in [3.05, 3.63) is 0 Å². The molecular formula is C21H40O7. The van der Waals surface area contributed by atoms with E-state index in [0.29, 0.717) is 6.42 Å². The van der Waals surface area contributed by atoms with E-state index in [0.717, 1.165) is 19.3 Å². The van der Waals surface area contributed by atoms with Crippen molar-refractivity contribution in [1.29, 1.82) is 0 Å². The molecule has 0 aromatic heterocycles. The van der Waals surface area contributed by atoms with Crippen LogP contribution in [0.25, 0.3) is 0 Å². The van der Waals surface area contributed by atoms with Gasteiger partial charge in [0.1, 0.15) is 31.0 Å². The number of methoxy groups -OCH3 is 1. The van der Waals surface area contributed by atoms with Crippen LogP contribution in [0.15, 0.2) is 0 Å². The summed E-state index contributed by atoms with van der Waals surface area (Å²) in [6.45, 7) is 2.05. The highest BCUT2D eigenvalue weighted by atomic mass is 16.7. The molecule has 0 aromatic carbocycles. The first-order chi connectivity index (χ1) is 13.5. The number of ether oxygens (including phenoxy) is 3. The van der Waals surface area contributed by atoms with Crippen LogP contribution in [-0.4, -0.2) is 65.7 Å². The van der Waals surface area contributed by atoms with Gasteiger partial charge in [0, 0.05) is 13.5 Å². The van der Waals surface area contributed by atoms with Crippen molar-refractivity contribution in [2.45, 2.75) is 115 Å². The monoisotopic (exact) mass is 404 g/mol. The van der Waals surface area contributed by atoms with Crippen molar-refractivity contribution < 1.29 is 34.3 Å². The molecule has 0 radical (unpaired) electrons. The molecule has 0 bridgehead atoms. The summed E-state index contributed by atoms with van der Waals surface area (Å²) >= 11 is 0. The van der Waals surface area contributed by atoms with E-state index in [1.807, 2.05) is 0 Å². The van der Waals surface area contributed by atoms with Gasteiger partial charge in [0.15, 0.2) is 6.29 Å². The van der Waals surface area contributed by atoms with E-state index < -0.39 is 30.7 Å². The van der Waals surface area contributed by atoms with Crippen molar-refractivity contribution in [3.63, 3.8) is 0 Å². The topological polar surface area (TPSA) is 105 Å². The van der Waals surface area contributed by atoms with Gasteiger partial charge >= 0.3 is 5.97 Å². The molecule has 28 heavy (non-hydrogen) atoms. The molecule has 0 aliphatic carbocycles. The van der Waals surface area contributed by atoms with Crippen molar-refractivity contribution in [2.75, 3.05) is 13.7 Å². The molecule has 0 aromatic rings. The molecule has 1 aliphatic rings. The molecule has 1 rings (SSSR count). The quantitative estimate of drug-likeness (QED) is 0.285. The second-order valence-electron chi connectivity index (χ2n) is 7.72. The summed E-state index contributed by atoms with van der Waals surface area (Å²) in [5, 5.41) is 29.4. The van der Waals surface area contributed by atoms with Crippen LogP contribution in [0.3, 0.4) is 0 Å². The zero-order chi connectivity index (χ0) is 20.8. The van der Waals surface area contributed by atoms with Crippen molar-refractivity contribution in [1.82, 2.24) is 0 Å². The lowest BCUT2D eigenvalue weighted by Gasteiger charge is -2.39. The number of aliphatic hydroxyl groups excluding tert-OH is 3. The smallest absolute Gasteiger partial charge is 0.305 e. The summed E-state index contributed by atoms with van der Waals surface area (Å²) in [7, 11) is 1.33. The Bertz CT molecular complexity index is 402. The van der Waals surface area contributed by atoms with Crippen LogP contribution in [0.2, 0.25) is 0 Å². The number of aliphatic hydroxyl groups is 3. The SMILES string of the molecule is CCCCCCCCCCCCCC(=O)OC[C@H]1OC(OC)[C@H](O)[C@@H](O)[C@@H]1O. The van der Waals surface area contributed by atoms with Crippen molar-refractivity contribution in [3.8, 4) is 0 Å². The Labute approximate surface area is 169 Å². The number of rotatable bonds is 15. The van der Waals surface area contributed by atoms with E-state index in [4.69, 9.17) is 14.2 Å². The Kier molecular flexibility index (Phi) is 13.7. The number of carbonyl (C=O) groups is 1. The molecular weight excluding hydrogens is 364 g/mol. The van der Waals surface area contributed by atoms with Crippen LogP contribution in [0.1, 0.15) is 84.0 Å². The number of esters is 1. The minimum atomic E-state index is -1.41. The molecule has 1 heterocycles. The second kappa shape index (κ2) is 15.2. The van der Waals surface area contributed by atoms with Crippen LogP contribution >= 0.6 is 0 Å². The highest BCUT2D eigenvalue weighted by Crippen LogP contribution is 2.22. The average Bonchev–Trinajstić information content (AvgIpc) is 2.69. The Morgan fingerprint density at radius 1 is 0.821 bits per heavy atom. The zero-order valence-corrected chi connectivity index (χ0v) is 17.6. The molecule has 0 amide bonds. The lowest BCUT2D eigenvalue weighted by molar-refractivity contribution is -0.295. The van der Waals surface area contributed by atoms with Crippen LogP contribution in [0, 0.1) is 0 Å². The van der Waals surface area contributed by atoms with Gasteiger partial charge in [-0.3, -0.25) is 4.79 Å². The minimum Gasteiger partial charge on any atom is -0.463 e. The van der Waals surface area contributed by atoms with E-state index in [1.54, 1.807) is 0 Å². The number of carbonyl (C=O) groups excluding carboxylic acids is 1. The third kappa shape index (κ3) is 9.65. The van der Waals surface area contributed by atoms with Crippen molar-refractivity contribution in [2.24, 2.45) is 0 Å². The third-order valence-corrected chi connectivity index (χ3v) is 5.29. The molecule has 1 fully saturated rings. The molecule has 5 atom stereocenters. The van der Waals surface area contributed by atoms with Gasteiger partial charge in [0.05, 0.1) is 0 Å². The van der Waals surface area contributed by atoms with E-state index in [1.165, 1.54) is 58.5 Å². The molecule has 0 spiro atoms. The molecule has 7 nitrogen and oxygen atoms in total. The predicted octanol–water partition coefficient (Wildman–Crippen LogP) is 2.68. The molecule has 1 aliphatic heterocycles. The largest absolute Gasteiger partial charge is 0.463 e. The highest BCUT2D eigenvalue weighted by molar-refractivity contribution is 5.69. The fraction of sp³-hybridized carbons (Fsp3) is 0.952. The first-order valence-electron chi connectivity index (χ1n) is 10.9. The van der Waals surface area contributed by atoms with Gasteiger partial charge in [-0.05, 0) is 6.42 Å². The normalized spacial score (nSPS) is 27.7. The predicted molar refractivity (Wildman–Crippen MR) is 106 cm³/mol. The summed E-state index contributed by atoms with van der Waals surface area (Å²) in [6.07, 6.45) is 7.62. The van der Waals surface area contributed by atoms with Gasteiger partial charge in [-0.2, -0.15) is 0 Å². The summed E-state index contributed by atoms with van der Waals surface area (Å²) in [5.41, 5.74) is 0. The number of hydrogen-bond acceptors (Lipinski definition) is 7. The van der Waals surface area contributed by atoms with Gasteiger partial charge in [0.2, 0.25) is 0 Å². The van der Waals surface area contributed by atoms with Gasteiger partial charge in [-0.1, -0.05) is 71.1 Å². The van der Waals surface area contributed by atoms with Crippen LogP contribution in [-0.2, 0) is 19.0 Å². The molecule has 7 heteroatoms. The van der Waals surface area contributed by atoms with E-state index in [-0.39, 0.29) is 12.6 Å². The second-order valence-corrected chi connectivity index (χ2v) is 7.72. The van der Waals surface area contributed by atoms with E-state index >= 15 is 0 Å². The zero-order valence-electron chi connectivity index (χ0n) is 17.6. The summed E-state index contributed by atoms with van der Waals surface area (Å²) in [6, 6.07) is 0. The summed E-state index contributed by atoms with van der Waals surface area (Å²) in [5.74, 6) is -0.346. The van der Waals surface area contributed by atoms with Gasteiger partial charge < -0.3 is 29.5 Å². The maximum absolute atomic E-state index is 11.8. The highest BCUT2D eigenvalue weighted by Gasteiger charge is 2.44. The minimum absolute atomic E-state index is 0.179. The Morgan fingerprint density at radius 2 is 1.36 bits per heavy atom. The Balaban J connectivity index is 2.03. The van der Waals surface area contributed by atoms with E-state index in [9.17, 15) is 20.1 Å². The Morgan fingerprint density at radius 3 is 1.89 bits per heavy atom. The van der Waals surface area contributed by atoms with Crippen molar-refractivity contribution >= 4 is 5.97 Å². The lowest BCUT2D eigenvalue weighted by atomic mass is 9.99. The average molecular weight is 405 g/mol. The van der Waals surface area contributed by atoms with Gasteiger partial charge in [0.25, 0.3) is 0 Å². The molecule has 3 N–H and O–H groups in total. The maximum atomic E-state index is 11.8. The molecule has 1 saturated heterocycles. The molecule has 1 unspecified atom stereocenters. The standard InChI is InChI=1S/C21H40O7/c1-3-4-5-6-7-8-9-10-11-12-13-14-17(22)27-15-16-18(23)19(24)20(25)21(26-2)28-16/h16,18-21,23-25H,3-15H2,1-2H3/t16-,18-,19+,20-,21?/m1/s1. The van der Waals surface area contributed by atoms with Crippen LogP contribution < -0.4 is 0 Å². The van der Waals surface area contributed by atoms with Gasteiger partial charge in [-0.25, -0.2) is 0 Å². The van der Waals surface area contributed by atoms with E-state index in [2.05, 4.69) is 6.92 Å². The number of hydrogen-bond donors (Lipinski definition) is 3. The third-order valence-electron chi connectivity index (χ3n) is 5.29. The summed E-state index contributed by atoms with van der Waals surface area (Å²) in [4.78, 5) is 11.8. The summed E-state index contributed by atoms with van der Waals surface area (Å²) < 4.78 is 15.4. The fourth-order valence-corrected chi connectivity index (χ4v) is 3.43. The number of unbranched alkanes of at least 4 members (excludes halogenated alkanes) is 10. The first-order valence-corrected chi connectivity index (χ1v) is 10.9. The maximum Gasteiger partial charge on any atom is 0.305 e. The first kappa shape index (κ1) is 25.3.